The van der Waals surface area contributed by atoms with E-state index in [0.717, 1.165) is 34.5 Å². The third-order valence-electron chi connectivity index (χ3n) is 10.9. The van der Waals surface area contributed by atoms with Gasteiger partial charge in [0.15, 0.2) is 22.8 Å². The number of imide groups is 1. The Balaban J connectivity index is 0.954. The molecule has 0 aliphatic carbocycles. The molecule has 2 aromatic carbocycles. The van der Waals surface area contributed by atoms with E-state index in [-0.39, 0.29) is 71.0 Å². The topological polar surface area (TPSA) is 431 Å². The lowest BCUT2D eigenvalue weighted by Gasteiger charge is -2.30. The number of nitrogen functional groups attached to an aromatic ring is 1. The molecule has 2 aromatic heterocycles. The second-order valence-electron chi connectivity index (χ2n) is 17.1. The van der Waals surface area contributed by atoms with E-state index in [4.69, 9.17) is 47.5 Å². The highest BCUT2D eigenvalue weighted by atomic mass is 35.5. The van der Waals surface area contributed by atoms with E-state index in [0.29, 0.717) is 28.4 Å². The van der Waals surface area contributed by atoms with Crippen molar-refractivity contribution in [3.05, 3.63) is 69.7 Å². The molecule has 0 spiro atoms. The quantitative estimate of drug-likeness (QED) is 0.0317. The van der Waals surface area contributed by atoms with Gasteiger partial charge in [0, 0.05) is 47.8 Å². The molecule has 76 heavy (non-hydrogen) atoms. The average molecular weight is 1190 g/mol. The summed E-state index contributed by atoms with van der Waals surface area (Å²) < 4.78 is 68.3. The van der Waals surface area contributed by atoms with E-state index in [2.05, 4.69) is 45.1 Å². The number of fused-ring (bicyclic) bond motifs is 1. The summed E-state index contributed by atoms with van der Waals surface area (Å²) in [5.74, 6) is -1.52. The number of nitrogens with zero attached hydrogens (tertiary/aromatic N) is 4. The number of phosphoric acid groups is 3. The van der Waals surface area contributed by atoms with Crippen LogP contribution in [-0.4, -0.2) is 141 Å². The van der Waals surface area contributed by atoms with Crippen LogP contribution in [0.5, 0.6) is 5.75 Å². The lowest BCUT2D eigenvalue weighted by Crippen LogP contribution is -2.46. The standard InChI is InChI=1S/C41H54Cl2N9O20P3S/c1-21-22(2)27(10-9-26(21)50-40(59)51-37(57)24-8-7-23(42)16-25(24)43)67-14-5-6-30(54)76-15-13-45-29(53)11-12-46-38(58)34(56)41(3,4)18-69-75(65,66)72-74(63,64)68-17-28-33(71-73(60,61)62)32(55)39(70-28)52-20-49-31-35(44)47-19-48-36(31)52/h7-10,16,19-20,28,32-34,39,55-56H,5-6,11-15,17-18H2,1-4H3,(H,45,53)(H,46,58)(H,63,64)(H,65,66)(H2,44,47,48)(H2,60,61,62)(H2,50,51,57,59). The van der Waals surface area contributed by atoms with Crippen molar-refractivity contribution in [2.75, 3.05) is 49.7 Å². The van der Waals surface area contributed by atoms with Gasteiger partial charge in [-0.2, -0.15) is 4.31 Å². The Bertz CT molecular complexity index is 2940. The fourth-order valence-corrected chi connectivity index (χ4v) is 10.9. The van der Waals surface area contributed by atoms with E-state index < -0.39 is 96.5 Å². The molecule has 29 nitrogen and oxygen atoms in total. The van der Waals surface area contributed by atoms with Crippen LogP contribution in [0.15, 0.2) is 43.0 Å². The van der Waals surface area contributed by atoms with Crippen LogP contribution in [0.4, 0.5) is 16.3 Å². The fourth-order valence-electron chi connectivity index (χ4n) is 6.85. The summed E-state index contributed by atoms with van der Waals surface area (Å²) in [6, 6.07) is 6.72. The number of phosphoric ester groups is 3. The summed E-state index contributed by atoms with van der Waals surface area (Å²) in [6.07, 6.45) is -6.59. The van der Waals surface area contributed by atoms with Crippen LogP contribution in [0.25, 0.3) is 11.2 Å². The number of carbonyl (C=O) groups excluding carboxylic acids is 5. The number of urea groups is 1. The summed E-state index contributed by atoms with van der Waals surface area (Å²) in [6.45, 7) is 3.99. The van der Waals surface area contributed by atoms with Gasteiger partial charge in [0.2, 0.25) is 11.8 Å². The van der Waals surface area contributed by atoms with Crippen molar-refractivity contribution in [2.24, 2.45) is 5.41 Å². The number of aliphatic hydroxyl groups excluding tert-OH is 2. The van der Waals surface area contributed by atoms with E-state index in [1.807, 2.05) is 0 Å². The highest BCUT2D eigenvalue weighted by Crippen LogP contribution is 2.61. The van der Waals surface area contributed by atoms with Gasteiger partial charge in [0.05, 0.1) is 36.7 Å². The summed E-state index contributed by atoms with van der Waals surface area (Å²) >= 11 is 12.9. The molecule has 1 aliphatic heterocycles. The molecular formula is C41H54Cl2N9O20P3S. The molecule has 7 atom stereocenters. The highest BCUT2D eigenvalue weighted by Gasteiger charge is 2.50. The summed E-state index contributed by atoms with van der Waals surface area (Å²) in [5.41, 5.74) is 6.10. The number of aliphatic hydroxyl groups is 2. The van der Waals surface area contributed by atoms with Gasteiger partial charge in [0.1, 0.15) is 42.0 Å². The predicted molar refractivity (Wildman–Crippen MR) is 271 cm³/mol. The number of imidazole rings is 1. The average Bonchev–Trinajstić information content (AvgIpc) is 3.89. The van der Waals surface area contributed by atoms with Crippen LogP contribution in [-0.2, 0) is 50.7 Å². The van der Waals surface area contributed by atoms with Crippen molar-refractivity contribution < 1.29 is 94.8 Å². The van der Waals surface area contributed by atoms with Gasteiger partial charge in [-0.05, 0) is 61.7 Å². The molecule has 1 saturated heterocycles. The maximum absolute atomic E-state index is 12.8. The molecule has 3 heterocycles. The number of nitrogens with one attached hydrogen (secondary N) is 4. The lowest BCUT2D eigenvalue weighted by molar-refractivity contribution is -0.137. The highest BCUT2D eigenvalue weighted by molar-refractivity contribution is 8.13. The molecule has 0 bridgehead atoms. The zero-order valence-electron chi connectivity index (χ0n) is 40.6. The molecule has 418 valence electrons. The number of amides is 5. The van der Waals surface area contributed by atoms with Crippen LogP contribution >= 0.6 is 58.4 Å². The maximum Gasteiger partial charge on any atom is 0.481 e. The minimum atomic E-state index is -5.61. The van der Waals surface area contributed by atoms with Crippen molar-refractivity contribution in [3.8, 4) is 5.75 Å². The Kier molecular flexibility index (Phi) is 21.9. The number of thioether (sulfide) groups is 1. The van der Waals surface area contributed by atoms with Gasteiger partial charge in [-0.3, -0.25) is 42.6 Å². The van der Waals surface area contributed by atoms with Crippen molar-refractivity contribution in [1.29, 1.82) is 0 Å². The monoisotopic (exact) mass is 1190 g/mol. The summed E-state index contributed by atoms with van der Waals surface area (Å²) in [7, 11) is -16.5. The van der Waals surface area contributed by atoms with Gasteiger partial charge in [-0.25, -0.2) is 33.4 Å². The number of nitrogens with two attached hydrogens (primary N) is 1. The number of carbonyl (C=O) groups is 5. The Labute approximate surface area is 446 Å². The molecule has 7 unspecified atom stereocenters. The zero-order chi connectivity index (χ0) is 56.3. The van der Waals surface area contributed by atoms with Crippen molar-refractivity contribution in [2.45, 2.75) is 77.6 Å². The maximum atomic E-state index is 12.8. The molecule has 0 radical (unpaired) electrons. The first kappa shape index (κ1) is 62.2. The van der Waals surface area contributed by atoms with Gasteiger partial charge in [-0.1, -0.05) is 48.8 Å². The Morgan fingerprint density at radius 1 is 0.947 bits per heavy atom. The Morgan fingerprint density at radius 2 is 1.66 bits per heavy atom. The third-order valence-corrected chi connectivity index (χ3v) is 15.5. The first-order valence-corrected chi connectivity index (χ1v) is 28.6. The zero-order valence-corrected chi connectivity index (χ0v) is 45.6. The predicted octanol–water partition coefficient (Wildman–Crippen LogP) is 3.41. The fraction of sp³-hybridized carbons (Fsp3) is 0.463. The van der Waals surface area contributed by atoms with Crippen LogP contribution in [0.2, 0.25) is 10.0 Å². The molecule has 1 fully saturated rings. The normalized spacial score (nSPS) is 18.8. The first-order valence-electron chi connectivity index (χ1n) is 22.3. The van der Waals surface area contributed by atoms with Gasteiger partial charge >= 0.3 is 29.5 Å². The molecule has 0 saturated carbocycles. The molecule has 12 N–H and O–H groups in total. The Morgan fingerprint density at radius 3 is 2.36 bits per heavy atom. The van der Waals surface area contributed by atoms with Crippen molar-refractivity contribution in [3.63, 3.8) is 0 Å². The molecular weight excluding hydrogens is 1130 g/mol. The van der Waals surface area contributed by atoms with Crippen LogP contribution < -0.4 is 31.7 Å². The first-order chi connectivity index (χ1) is 35.5. The van der Waals surface area contributed by atoms with Crippen molar-refractivity contribution in [1.82, 2.24) is 35.5 Å². The molecule has 35 heteroatoms. The smallest absolute Gasteiger partial charge is 0.481 e. The second kappa shape index (κ2) is 26.8. The largest absolute Gasteiger partial charge is 0.493 e. The molecule has 4 aromatic rings. The Hall–Kier alpha value is -4.68. The second-order valence-corrected chi connectivity index (χ2v) is 23.4. The number of halogens is 2. The third kappa shape index (κ3) is 17.9. The molecule has 1 aliphatic rings. The van der Waals surface area contributed by atoms with Gasteiger partial charge < -0.3 is 60.9 Å². The van der Waals surface area contributed by atoms with E-state index in [9.17, 15) is 67.5 Å². The van der Waals surface area contributed by atoms with Crippen LogP contribution in [0, 0.1) is 19.3 Å². The number of benzene rings is 2. The lowest BCUT2D eigenvalue weighted by atomic mass is 9.87. The van der Waals surface area contributed by atoms with E-state index in [1.165, 1.54) is 32.0 Å². The van der Waals surface area contributed by atoms with Crippen LogP contribution in [0.3, 0.4) is 0 Å². The summed E-state index contributed by atoms with van der Waals surface area (Å²) in [5, 5.41) is 31.6. The minimum Gasteiger partial charge on any atom is -0.493 e. The summed E-state index contributed by atoms with van der Waals surface area (Å²) in [4.78, 5) is 114. The van der Waals surface area contributed by atoms with Crippen molar-refractivity contribution >= 4 is 110 Å². The number of anilines is 2. The van der Waals surface area contributed by atoms with Gasteiger partial charge in [-0.15, -0.1) is 0 Å². The minimum absolute atomic E-state index is 0.0151. The number of rotatable bonds is 26. The number of ether oxygens (including phenoxy) is 2. The van der Waals surface area contributed by atoms with Crippen LogP contribution in [0.1, 0.15) is 60.8 Å². The number of hydrogen-bond acceptors (Lipinski definition) is 21. The molecule has 5 amide bonds. The molecule has 5 rings (SSSR count). The van der Waals surface area contributed by atoms with E-state index in [1.54, 1.807) is 26.0 Å². The number of hydrogen-bond donors (Lipinski definition) is 11. The number of aromatic nitrogens is 4. The van der Waals surface area contributed by atoms with E-state index >= 15 is 0 Å². The SMILES string of the molecule is Cc1c(NC(=O)NC(=O)c2ccc(Cl)cc2Cl)ccc(OCCCC(=O)SCCNC(=O)CCNC(=O)C(O)C(C)(C)COP(=O)(O)OP(=O)(O)OCC2OC(n3cnc4c(N)ncnc43)C(O)C2OP(=O)(O)O)c1C. The van der Waals surface area contributed by atoms with Gasteiger partial charge in [0.25, 0.3) is 5.91 Å².